The summed E-state index contributed by atoms with van der Waals surface area (Å²) in [5, 5.41) is 19.4. The number of rotatable bonds is 10. The van der Waals surface area contributed by atoms with Crippen molar-refractivity contribution in [1.82, 2.24) is 9.55 Å². The predicted molar refractivity (Wildman–Crippen MR) is 122 cm³/mol. The predicted octanol–water partition coefficient (Wildman–Crippen LogP) is 2.88. The van der Waals surface area contributed by atoms with E-state index >= 15 is 4.39 Å². The molecule has 1 aliphatic heterocycles. The molecule has 0 radical (unpaired) electrons. The Bertz CT molecular complexity index is 1120. The minimum absolute atomic E-state index is 0.169. The molecule has 2 unspecified atom stereocenters. The number of nitrogens with zero attached hydrogens (tertiary/aromatic N) is 2. The van der Waals surface area contributed by atoms with Gasteiger partial charge in [-0.15, -0.1) is 0 Å². The lowest BCUT2D eigenvalue weighted by atomic mass is 10.1. The fourth-order valence-electron chi connectivity index (χ4n) is 3.17. The lowest BCUT2D eigenvalue weighted by Crippen LogP contribution is -2.40. The number of anilines is 1. The van der Waals surface area contributed by atoms with Crippen molar-refractivity contribution < 1.29 is 37.8 Å². The van der Waals surface area contributed by atoms with E-state index in [0.717, 1.165) is 10.8 Å². The maximum Gasteiger partial charge on any atom is 0.379 e. The van der Waals surface area contributed by atoms with Gasteiger partial charge in [0.05, 0.1) is 12.8 Å². The number of para-hydroxylation sites is 1. The van der Waals surface area contributed by atoms with Crippen molar-refractivity contribution in [3.8, 4) is 5.75 Å². The molecule has 0 aliphatic carbocycles. The van der Waals surface area contributed by atoms with Crippen molar-refractivity contribution in [3.05, 3.63) is 53.1 Å². The van der Waals surface area contributed by atoms with Gasteiger partial charge in [0.15, 0.2) is 12.0 Å². The van der Waals surface area contributed by atoms with Gasteiger partial charge in [-0.3, -0.25) is 24.6 Å². The number of benzene rings is 1. The molecule has 1 saturated heterocycles. The first-order valence-electron chi connectivity index (χ1n) is 10.2. The van der Waals surface area contributed by atoms with E-state index in [1.54, 1.807) is 42.7 Å². The highest BCUT2D eigenvalue weighted by Gasteiger charge is 2.57. The summed E-state index contributed by atoms with van der Waals surface area (Å²) in [7, 11) is -3.95. The van der Waals surface area contributed by atoms with E-state index in [1.807, 2.05) is 0 Å². The number of ether oxygens (including phenoxy) is 1. The van der Waals surface area contributed by atoms with Gasteiger partial charge in [0, 0.05) is 12.1 Å². The van der Waals surface area contributed by atoms with Gasteiger partial charge in [0.1, 0.15) is 23.7 Å². The van der Waals surface area contributed by atoms with Crippen molar-refractivity contribution in [2.45, 2.75) is 36.9 Å². The van der Waals surface area contributed by atoms with Crippen LogP contribution in [0.3, 0.4) is 0 Å². The first-order chi connectivity index (χ1) is 16.0. The molecule has 1 aromatic heterocycles. The number of aromatic nitrogens is 2. The molecular weight excluding hydrogens is 540 g/mol. The van der Waals surface area contributed by atoms with E-state index in [4.69, 9.17) is 19.0 Å². The molecule has 14 heteroatoms. The van der Waals surface area contributed by atoms with Crippen LogP contribution in [0, 0.1) is 5.92 Å². The summed E-state index contributed by atoms with van der Waals surface area (Å²) < 4.78 is 43.6. The minimum atomic E-state index is -3.95. The van der Waals surface area contributed by atoms with Gasteiger partial charge in [-0.1, -0.05) is 25.1 Å². The van der Waals surface area contributed by atoms with Gasteiger partial charge in [-0.25, -0.2) is 13.8 Å². The van der Waals surface area contributed by atoms with Crippen LogP contribution >= 0.6 is 23.5 Å². The van der Waals surface area contributed by atoms with Gasteiger partial charge < -0.3 is 14.4 Å². The number of nitrogens with one attached hydrogen (secondary N) is 1. The van der Waals surface area contributed by atoms with Gasteiger partial charge >= 0.3 is 13.3 Å². The van der Waals surface area contributed by atoms with E-state index in [-0.39, 0.29) is 23.5 Å². The zero-order valence-corrected chi connectivity index (χ0v) is 20.7. The number of ketones is 1. The highest BCUT2D eigenvalue weighted by atomic mass is 79.9. The Morgan fingerprint density at radius 2 is 2.09 bits per heavy atom. The summed E-state index contributed by atoms with van der Waals surface area (Å²) in [5.41, 5.74) is 0.730. The molecule has 1 aliphatic rings. The van der Waals surface area contributed by atoms with Crippen LogP contribution in [0.25, 0.3) is 0 Å². The van der Waals surface area contributed by atoms with Crippen LogP contribution in [0.4, 0.5) is 10.2 Å². The Morgan fingerprint density at radius 1 is 1.41 bits per heavy atom. The largest absolute Gasteiger partial charge is 0.424 e. The number of alkyl halides is 2. The summed E-state index contributed by atoms with van der Waals surface area (Å²) >= 11 is 2.76. The third-order valence-electron chi connectivity index (χ3n) is 5.19. The van der Waals surface area contributed by atoms with Crippen LogP contribution in [-0.4, -0.2) is 55.2 Å². The van der Waals surface area contributed by atoms with E-state index in [1.165, 1.54) is 13.0 Å². The zero-order valence-electron chi connectivity index (χ0n) is 18.2. The van der Waals surface area contributed by atoms with Gasteiger partial charge in [-0.05, 0) is 41.1 Å². The number of Topliss-reactive ketones (excluding diaryl/α,β-unsaturated/α-hetero) is 1. The van der Waals surface area contributed by atoms with Crippen LogP contribution in [0.2, 0.25) is 0 Å². The molecule has 0 saturated carbocycles. The smallest absolute Gasteiger partial charge is 0.379 e. The summed E-state index contributed by atoms with van der Waals surface area (Å²) in [4.78, 5) is 27.5. The van der Waals surface area contributed by atoms with Crippen molar-refractivity contribution in [2.24, 2.45) is 5.92 Å². The molecule has 6 atom stereocenters. The van der Waals surface area contributed by atoms with Crippen molar-refractivity contribution >= 4 is 35.1 Å². The first-order valence-corrected chi connectivity index (χ1v) is 12.7. The Kier molecular flexibility index (Phi) is 8.27. The molecule has 1 aromatic carbocycles. The van der Waals surface area contributed by atoms with Crippen molar-refractivity contribution in [2.75, 3.05) is 18.2 Å². The maximum atomic E-state index is 15.3. The van der Waals surface area contributed by atoms with Gasteiger partial charge in [-0.2, -0.15) is 4.98 Å². The lowest BCUT2D eigenvalue weighted by Gasteiger charge is -2.24. The van der Waals surface area contributed by atoms with Crippen molar-refractivity contribution in [1.29, 1.82) is 0 Å². The average Bonchev–Trinajstić information content (AvgIpc) is 3.01. The molecule has 1 fully saturated rings. The molecule has 11 nitrogen and oxygen atoms in total. The Morgan fingerprint density at radius 3 is 2.68 bits per heavy atom. The van der Waals surface area contributed by atoms with Crippen LogP contribution in [0.15, 0.2) is 47.4 Å². The quantitative estimate of drug-likeness (QED) is 0.224. The number of halogens is 2. The third-order valence-corrected chi connectivity index (χ3v) is 8.08. The maximum absolute atomic E-state index is 15.3. The molecular formula is C20H24BrFN3O8P. The number of carbonyl (C=O) groups excluding carboxylic acids is 1. The molecule has 2 heterocycles. The molecule has 0 spiro atoms. The average molecular weight is 564 g/mol. The van der Waals surface area contributed by atoms with Gasteiger partial charge in [0.25, 0.3) is 0 Å². The topological polar surface area (TPSA) is 149 Å². The molecule has 0 amide bonds. The molecule has 0 bridgehead atoms. The fourth-order valence-corrected chi connectivity index (χ4v) is 5.77. The molecule has 3 N–H and O–H groups in total. The minimum Gasteiger partial charge on any atom is -0.424 e. The number of aliphatic hydroxyl groups excluding tert-OH is 1. The third kappa shape index (κ3) is 5.91. The zero-order chi connectivity index (χ0) is 25.1. The Balaban J connectivity index is 1.80. The second-order valence-corrected chi connectivity index (χ2v) is 11.0. The highest BCUT2D eigenvalue weighted by Crippen LogP contribution is 2.52. The molecule has 186 valence electrons. The Hall–Kier alpha value is -2.15. The summed E-state index contributed by atoms with van der Waals surface area (Å²) in [5.74, 6) is -0.815. The highest BCUT2D eigenvalue weighted by molar-refractivity contribution is 9.10. The summed E-state index contributed by atoms with van der Waals surface area (Å²) in [6, 6.07) is 9.36. The van der Waals surface area contributed by atoms with Crippen LogP contribution in [0.5, 0.6) is 5.75 Å². The standard InChI is InChI=1S/C20H24BrFN3O8P/c1-12(13(2)26)11-34(30,33-14-6-4-3-5-7-14)31-10-15-17(27)20(21,22)18(32-15)25-9-8-16(24-29)23-19(25)28/h3-9,12,15,17-18,27,29H,10-11H2,1-2H3,(H,23,24,28)/t12-,15-,17?,18-,20-,34?/m1/s1. The second-order valence-electron chi connectivity index (χ2n) is 7.77. The van der Waals surface area contributed by atoms with E-state index in [9.17, 15) is 19.3 Å². The van der Waals surface area contributed by atoms with E-state index in [2.05, 4.69) is 20.9 Å². The van der Waals surface area contributed by atoms with Crippen LogP contribution in [-0.2, 0) is 18.6 Å². The number of hydrogen-bond donors (Lipinski definition) is 3. The fraction of sp³-hybridized carbons (Fsp3) is 0.450. The number of carbonyl (C=O) groups is 1. The SMILES string of the molecule is CC(=O)[C@H](C)CP(=O)(OC[C@H]1O[C@@H](n2ccc(NO)nc2=O)[C@@](F)(Br)C1O)Oc1ccccc1. The van der Waals surface area contributed by atoms with E-state index < -0.39 is 48.8 Å². The van der Waals surface area contributed by atoms with E-state index in [0.29, 0.717) is 0 Å². The number of hydrogen-bond acceptors (Lipinski definition) is 10. The van der Waals surface area contributed by atoms with Crippen LogP contribution in [0.1, 0.15) is 20.1 Å². The van der Waals surface area contributed by atoms with Crippen LogP contribution < -0.4 is 15.7 Å². The second kappa shape index (κ2) is 10.6. The molecule has 2 aromatic rings. The molecule has 34 heavy (non-hydrogen) atoms. The number of aliphatic hydroxyl groups is 1. The van der Waals surface area contributed by atoms with Gasteiger partial charge in [0.2, 0.25) is 4.58 Å². The first kappa shape index (κ1) is 26.5. The summed E-state index contributed by atoms with van der Waals surface area (Å²) in [6.07, 6.45) is -4.00. The summed E-state index contributed by atoms with van der Waals surface area (Å²) in [6.45, 7) is 2.35. The molecule has 3 rings (SSSR count). The normalized spacial score (nSPS) is 27.1. The lowest BCUT2D eigenvalue weighted by molar-refractivity contribution is -0.119. The van der Waals surface area contributed by atoms with Crippen molar-refractivity contribution in [3.63, 3.8) is 0 Å². The monoisotopic (exact) mass is 563 g/mol. The Labute approximate surface area is 202 Å².